The summed E-state index contributed by atoms with van der Waals surface area (Å²) in [7, 11) is 4.47. The summed E-state index contributed by atoms with van der Waals surface area (Å²) in [5.41, 5.74) is 1.33. The van der Waals surface area contributed by atoms with Crippen LogP contribution in [0.15, 0.2) is 30.3 Å². The first kappa shape index (κ1) is 26.6. The molecule has 30 heavy (non-hydrogen) atoms. The highest BCUT2D eigenvalue weighted by molar-refractivity contribution is 5.16. The van der Waals surface area contributed by atoms with Gasteiger partial charge in [-0.05, 0) is 13.3 Å². The Hall–Kier alpha value is -1.42. The van der Waals surface area contributed by atoms with Gasteiger partial charge in [-0.2, -0.15) is 0 Å². The molecule has 0 aromatic heterocycles. The highest BCUT2D eigenvalue weighted by Gasteiger charge is 2.27. The summed E-state index contributed by atoms with van der Waals surface area (Å²) in [6.45, 7) is 5.48. The molecule has 0 N–H and O–H groups in total. The van der Waals surface area contributed by atoms with Gasteiger partial charge in [0.1, 0.15) is 6.04 Å². The molecule has 4 nitrogen and oxygen atoms in total. The van der Waals surface area contributed by atoms with Gasteiger partial charge in [0.2, 0.25) is 6.04 Å². The van der Waals surface area contributed by atoms with Crippen LogP contribution in [0.4, 0.5) is 0 Å². The van der Waals surface area contributed by atoms with Gasteiger partial charge in [0.05, 0.1) is 20.6 Å². The normalized spacial score (nSPS) is 13.9. The van der Waals surface area contributed by atoms with Gasteiger partial charge in [-0.3, -0.25) is 10.1 Å². The largest absolute Gasteiger partial charge is 0.323 e. The van der Waals surface area contributed by atoms with Gasteiger partial charge in [0.15, 0.2) is 0 Å². The maximum Gasteiger partial charge on any atom is 0.213 e. The molecule has 0 aliphatic carbocycles. The number of benzene rings is 1. The van der Waals surface area contributed by atoms with Crippen LogP contribution in [-0.2, 0) is 0 Å². The molecule has 1 aromatic carbocycles. The fourth-order valence-electron chi connectivity index (χ4n) is 4.29. The Morgan fingerprint density at radius 2 is 1.33 bits per heavy atom. The van der Waals surface area contributed by atoms with E-state index in [0.29, 0.717) is 12.5 Å². The van der Waals surface area contributed by atoms with E-state index in [0.717, 1.165) is 36.7 Å². The third-order valence-corrected chi connectivity index (χ3v) is 6.79. The molecule has 0 radical (unpaired) electrons. The van der Waals surface area contributed by atoms with E-state index in [1.165, 1.54) is 56.9 Å². The summed E-state index contributed by atoms with van der Waals surface area (Å²) in [5, 5.41) is 11.5. The maximum absolute atomic E-state index is 11.5. The van der Waals surface area contributed by atoms with Gasteiger partial charge in [-0.15, -0.1) is 0 Å². The zero-order valence-electron chi connectivity index (χ0n) is 20.2. The van der Waals surface area contributed by atoms with Crippen molar-refractivity contribution in [1.82, 2.24) is 0 Å². The first-order chi connectivity index (χ1) is 14.4. The van der Waals surface area contributed by atoms with E-state index in [1.54, 1.807) is 0 Å². The van der Waals surface area contributed by atoms with Gasteiger partial charge >= 0.3 is 0 Å². The average Bonchev–Trinajstić information content (AvgIpc) is 2.73. The van der Waals surface area contributed by atoms with Crippen LogP contribution in [0.1, 0.15) is 109 Å². The highest BCUT2D eigenvalue weighted by Crippen LogP contribution is 2.25. The molecule has 0 heterocycles. The summed E-state index contributed by atoms with van der Waals surface area (Å²) in [6, 6.07) is 10.6. The van der Waals surface area contributed by atoms with Crippen LogP contribution in [0, 0.1) is 10.1 Å². The summed E-state index contributed by atoms with van der Waals surface area (Å²) in [5.74, 6) is 0. The molecular weight excluding hydrogens is 372 g/mol. The third-order valence-electron chi connectivity index (χ3n) is 6.79. The van der Waals surface area contributed by atoms with Crippen molar-refractivity contribution in [2.24, 2.45) is 0 Å². The lowest BCUT2D eigenvalue weighted by molar-refractivity contribution is -0.919. The molecule has 1 rings (SSSR count). The van der Waals surface area contributed by atoms with Crippen LogP contribution < -0.4 is 0 Å². The van der Waals surface area contributed by atoms with Gasteiger partial charge in [-0.1, -0.05) is 95.0 Å². The summed E-state index contributed by atoms with van der Waals surface area (Å²) in [4.78, 5) is 11.5. The summed E-state index contributed by atoms with van der Waals surface area (Å²) < 4.78 is 0.868. The van der Waals surface area contributed by atoms with Crippen molar-refractivity contribution in [2.45, 2.75) is 109 Å². The van der Waals surface area contributed by atoms with Crippen LogP contribution in [-0.4, -0.2) is 36.1 Å². The van der Waals surface area contributed by atoms with Gasteiger partial charge in [0, 0.05) is 29.7 Å². The van der Waals surface area contributed by atoms with Crippen molar-refractivity contribution >= 4 is 0 Å². The first-order valence-electron chi connectivity index (χ1n) is 12.4. The van der Waals surface area contributed by atoms with Crippen LogP contribution in [0.2, 0.25) is 0 Å². The van der Waals surface area contributed by atoms with Crippen molar-refractivity contribution < 1.29 is 9.41 Å². The van der Waals surface area contributed by atoms with Crippen molar-refractivity contribution in [2.75, 3.05) is 20.6 Å². The molecule has 2 atom stereocenters. The minimum Gasteiger partial charge on any atom is -0.323 e. The number of hydrogen-bond acceptors (Lipinski definition) is 2. The smallest absolute Gasteiger partial charge is 0.213 e. The Labute approximate surface area is 185 Å². The lowest BCUT2D eigenvalue weighted by Crippen LogP contribution is -2.43. The number of nitrogens with zero attached hydrogens (tertiary/aromatic N) is 2. The molecule has 1 unspecified atom stereocenters. The van der Waals surface area contributed by atoms with Crippen molar-refractivity contribution in [3.63, 3.8) is 0 Å². The van der Waals surface area contributed by atoms with Crippen molar-refractivity contribution in [3.05, 3.63) is 46.0 Å². The summed E-state index contributed by atoms with van der Waals surface area (Å²) in [6.07, 6.45) is 15.1. The third kappa shape index (κ3) is 11.1. The minimum absolute atomic E-state index is 0.0334. The molecule has 0 aliphatic rings. The Morgan fingerprint density at radius 3 is 1.87 bits per heavy atom. The van der Waals surface area contributed by atoms with Crippen LogP contribution in [0.25, 0.3) is 0 Å². The van der Waals surface area contributed by atoms with Crippen LogP contribution >= 0.6 is 0 Å². The molecule has 0 fully saturated rings. The van der Waals surface area contributed by atoms with E-state index in [4.69, 9.17) is 0 Å². The van der Waals surface area contributed by atoms with E-state index in [1.807, 2.05) is 6.07 Å². The topological polar surface area (TPSA) is 43.1 Å². The van der Waals surface area contributed by atoms with E-state index < -0.39 is 0 Å². The molecule has 1 aromatic rings. The Morgan fingerprint density at radius 1 is 0.833 bits per heavy atom. The molecule has 172 valence electrons. The van der Waals surface area contributed by atoms with Gasteiger partial charge in [-0.25, -0.2) is 0 Å². The Bertz CT molecular complexity index is 559. The first-order valence-corrected chi connectivity index (χ1v) is 12.4. The van der Waals surface area contributed by atoms with Crippen LogP contribution in [0.5, 0.6) is 0 Å². The SMILES string of the molecule is CCCCCCCCCCCCC(CCC[N+](C)(C)[C@H](C)c1ccccc1)[N+](=O)[O-]. The highest BCUT2D eigenvalue weighted by atomic mass is 16.6. The fraction of sp³-hybridized carbons (Fsp3) is 0.769. The van der Waals surface area contributed by atoms with E-state index in [2.05, 4.69) is 52.2 Å². The molecule has 4 heteroatoms. The van der Waals surface area contributed by atoms with Crippen molar-refractivity contribution in [1.29, 1.82) is 0 Å². The van der Waals surface area contributed by atoms with E-state index >= 15 is 0 Å². The lowest BCUT2D eigenvalue weighted by atomic mass is 10.0. The second-order valence-corrected chi connectivity index (χ2v) is 9.64. The van der Waals surface area contributed by atoms with Crippen molar-refractivity contribution in [3.8, 4) is 0 Å². The standard InChI is InChI=1S/C26H47N2O2/c1-5-6-7-8-9-10-11-12-13-17-21-26(27(29)30)22-18-23-28(3,4)24(2)25-19-15-14-16-20-25/h14-16,19-20,24,26H,5-13,17-18,21-23H2,1-4H3/q+1/t24-,26?/m1/s1. The number of nitro groups is 1. The predicted molar refractivity (Wildman–Crippen MR) is 128 cm³/mol. The average molecular weight is 420 g/mol. The Balaban J connectivity index is 2.22. The zero-order chi connectivity index (χ0) is 22.2. The minimum atomic E-state index is -0.369. The molecule has 0 saturated carbocycles. The van der Waals surface area contributed by atoms with E-state index in [9.17, 15) is 10.1 Å². The Kier molecular flexibility index (Phi) is 13.7. The quantitative estimate of drug-likeness (QED) is 0.107. The second-order valence-electron chi connectivity index (χ2n) is 9.64. The molecule has 0 amide bonds. The number of quaternary nitrogens is 1. The lowest BCUT2D eigenvalue weighted by Gasteiger charge is -2.36. The molecule has 0 saturated heterocycles. The molecule has 0 aliphatic heterocycles. The number of rotatable bonds is 18. The number of hydrogen-bond donors (Lipinski definition) is 0. The fourth-order valence-corrected chi connectivity index (χ4v) is 4.29. The van der Waals surface area contributed by atoms with Gasteiger partial charge < -0.3 is 4.48 Å². The summed E-state index contributed by atoms with van der Waals surface area (Å²) >= 11 is 0. The second kappa shape index (κ2) is 15.4. The molecule has 0 bridgehead atoms. The number of unbranched alkanes of at least 4 members (excludes halogenated alkanes) is 9. The van der Waals surface area contributed by atoms with Crippen LogP contribution in [0.3, 0.4) is 0 Å². The molecular formula is C26H47N2O2+. The van der Waals surface area contributed by atoms with E-state index in [-0.39, 0.29) is 11.0 Å². The van der Waals surface area contributed by atoms with Gasteiger partial charge in [0.25, 0.3) is 0 Å². The molecule has 0 spiro atoms. The maximum atomic E-state index is 11.5. The monoisotopic (exact) mass is 419 g/mol. The zero-order valence-corrected chi connectivity index (χ0v) is 20.2. The predicted octanol–water partition coefficient (Wildman–Crippen LogP) is 7.56.